The Kier molecular flexibility index (Phi) is 6.60. The Hall–Kier alpha value is -2.50. The summed E-state index contributed by atoms with van der Waals surface area (Å²) < 4.78 is 6.94. The number of nitrogens with one attached hydrogen (secondary N) is 1. The summed E-state index contributed by atoms with van der Waals surface area (Å²) >= 11 is 9.70. The van der Waals surface area contributed by atoms with E-state index in [-0.39, 0.29) is 5.56 Å². The highest BCUT2D eigenvalue weighted by molar-refractivity contribution is 9.10. The van der Waals surface area contributed by atoms with E-state index < -0.39 is 5.97 Å². The van der Waals surface area contributed by atoms with Crippen molar-refractivity contribution in [3.8, 4) is 5.75 Å². The van der Waals surface area contributed by atoms with Gasteiger partial charge >= 0.3 is 5.97 Å². The number of carboxylic acids is 1. The Bertz CT molecular complexity index is 1010. The molecule has 4 nitrogen and oxygen atoms in total. The molecule has 0 spiro atoms. The first-order chi connectivity index (χ1) is 13.4. The van der Waals surface area contributed by atoms with Gasteiger partial charge in [0.25, 0.3) is 0 Å². The molecule has 0 unspecified atom stereocenters. The molecular formula is C22H19BrClNO3. The van der Waals surface area contributed by atoms with Crippen LogP contribution in [0.5, 0.6) is 5.75 Å². The van der Waals surface area contributed by atoms with Gasteiger partial charge in [0, 0.05) is 32.9 Å². The lowest BCUT2D eigenvalue weighted by molar-refractivity contribution is 0.0697. The van der Waals surface area contributed by atoms with Crippen LogP contribution in [-0.2, 0) is 13.2 Å². The van der Waals surface area contributed by atoms with Crippen molar-refractivity contribution in [3.63, 3.8) is 0 Å². The quantitative estimate of drug-likeness (QED) is 0.434. The third-order valence-corrected chi connectivity index (χ3v) is 5.18. The molecule has 0 fully saturated rings. The van der Waals surface area contributed by atoms with Crippen molar-refractivity contribution in [2.75, 3.05) is 5.32 Å². The van der Waals surface area contributed by atoms with Crippen LogP contribution in [0.4, 0.5) is 5.69 Å². The number of carbonyl (C=O) groups is 1. The van der Waals surface area contributed by atoms with Crippen molar-refractivity contribution >= 4 is 39.2 Å². The van der Waals surface area contributed by atoms with Crippen LogP contribution in [-0.4, -0.2) is 11.1 Å². The summed E-state index contributed by atoms with van der Waals surface area (Å²) in [5.41, 5.74) is 3.85. The van der Waals surface area contributed by atoms with Crippen molar-refractivity contribution in [2.24, 2.45) is 0 Å². The van der Waals surface area contributed by atoms with Gasteiger partial charge in [0.15, 0.2) is 0 Å². The number of anilines is 1. The number of aromatic carboxylic acids is 1. The van der Waals surface area contributed by atoms with E-state index in [0.717, 1.165) is 32.6 Å². The third kappa shape index (κ3) is 5.06. The minimum absolute atomic E-state index is 0.248. The number of carboxylic acid groups (broad SMARTS) is 1. The largest absolute Gasteiger partial charge is 0.488 e. The van der Waals surface area contributed by atoms with Gasteiger partial charge in [0.2, 0.25) is 0 Å². The number of aryl methyl sites for hydroxylation is 1. The number of rotatable bonds is 7. The molecule has 0 aliphatic rings. The molecular weight excluding hydrogens is 442 g/mol. The van der Waals surface area contributed by atoms with Crippen LogP contribution >= 0.6 is 27.5 Å². The smallest absolute Gasteiger partial charge is 0.335 e. The molecule has 144 valence electrons. The number of ether oxygens (including phenoxy) is 1. The van der Waals surface area contributed by atoms with Gasteiger partial charge in [0.05, 0.1) is 5.56 Å². The molecule has 0 heterocycles. The van der Waals surface area contributed by atoms with E-state index in [0.29, 0.717) is 18.2 Å². The number of hydrogen-bond acceptors (Lipinski definition) is 3. The molecule has 0 atom stereocenters. The first-order valence-electron chi connectivity index (χ1n) is 8.66. The Labute approximate surface area is 177 Å². The SMILES string of the molecule is Cc1ccc(C(=O)O)cc1NCc1cc(Br)ccc1OCc1ccccc1Cl. The van der Waals surface area contributed by atoms with Crippen LogP contribution in [0.15, 0.2) is 65.1 Å². The second kappa shape index (κ2) is 9.13. The molecule has 3 rings (SSSR count). The lowest BCUT2D eigenvalue weighted by atomic mass is 10.1. The average Bonchev–Trinajstić information content (AvgIpc) is 2.67. The third-order valence-electron chi connectivity index (χ3n) is 4.32. The van der Waals surface area contributed by atoms with Gasteiger partial charge in [-0.1, -0.05) is 51.8 Å². The second-order valence-corrected chi connectivity index (χ2v) is 7.64. The van der Waals surface area contributed by atoms with Gasteiger partial charge in [-0.15, -0.1) is 0 Å². The van der Waals surface area contributed by atoms with Crippen LogP contribution in [0.2, 0.25) is 5.02 Å². The fraction of sp³-hybridized carbons (Fsp3) is 0.136. The van der Waals surface area contributed by atoms with Gasteiger partial charge < -0.3 is 15.2 Å². The van der Waals surface area contributed by atoms with Crippen LogP contribution in [0.3, 0.4) is 0 Å². The van der Waals surface area contributed by atoms with E-state index in [1.165, 1.54) is 0 Å². The number of benzene rings is 3. The average molecular weight is 461 g/mol. The monoisotopic (exact) mass is 459 g/mol. The number of halogens is 2. The Morgan fingerprint density at radius 3 is 2.64 bits per heavy atom. The molecule has 0 radical (unpaired) electrons. The number of hydrogen-bond donors (Lipinski definition) is 2. The fourth-order valence-corrected chi connectivity index (χ4v) is 3.33. The maximum Gasteiger partial charge on any atom is 0.335 e. The molecule has 6 heteroatoms. The van der Waals surface area contributed by atoms with E-state index in [4.69, 9.17) is 16.3 Å². The van der Waals surface area contributed by atoms with Gasteiger partial charge in [-0.3, -0.25) is 0 Å². The van der Waals surface area contributed by atoms with Crippen LogP contribution in [0.25, 0.3) is 0 Å². The molecule has 0 saturated heterocycles. The van der Waals surface area contributed by atoms with Crippen LogP contribution in [0.1, 0.15) is 27.0 Å². The van der Waals surface area contributed by atoms with E-state index >= 15 is 0 Å². The first-order valence-corrected chi connectivity index (χ1v) is 9.83. The summed E-state index contributed by atoms with van der Waals surface area (Å²) in [5.74, 6) is -0.211. The Morgan fingerprint density at radius 1 is 1.11 bits per heavy atom. The van der Waals surface area contributed by atoms with E-state index in [2.05, 4.69) is 21.2 Å². The molecule has 0 amide bonds. The first kappa shape index (κ1) is 20.2. The zero-order valence-corrected chi connectivity index (χ0v) is 17.5. The maximum atomic E-state index is 11.2. The van der Waals surface area contributed by atoms with Gasteiger partial charge in [-0.05, 0) is 48.9 Å². The second-order valence-electron chi connectivity index (χ2n) is 6.32. The molecule has 3 aromatic rings. The van der Waals surface area contributed by atoms with Crippen LogP contribution in [0, 0.1) is 6.92 Å². The predicted molar refractivity (Wildman–Crippen MR) is 115 cm³/mol. The predicted octanol–water partition coefficient (Wildman–Crippen LogP) is 6.30. The molecule has 0 saturated carbocycles. The molecule has 3 aromatic carbocycles. The van der Waals surface area contributed by atoms with E-state index in [9.17, 15) is 9.90 Å². The zero-order chi connectivity index (χ0) is 20.1. The minimum Gasteiger partial charge on any atom is -0.488 e. The molecule has 0 bridgehead atoms. The van der Waals surface area contributed by atoms with Gasteiger partial charge in [-0.2, -0.15) is 0 Å². The molecule has 28 heavy (non-hydrogen) atoms. The minimum atomic E-state index is -0.950. The standard InChI is InChI=1S/C22H19BrClNO3/c1-14-6-7-15(22(26)27)11-20(14)25-12-17-10-18(23)8-9-21(17)28-13-16-4-2-3-5-19(16)24/h2-11,25H,12-13H2,1H3,(H,26,27). The van der Waals surface area contributed by atoms with Crippen molar-refractivity contribution < 1.29 is 14.6 Å². The lowest BCUT2D eigenvalue weighted by Crippen LogP contribution is -2.06. The topological polar surface area (TPSA) is 58.6 Å². The van der Waals surface area contributed by atoms with E-state index in [1.54, 1.807) is 18.2 Å². The van der Waals surface area contributed by atoms with Crippen molar-refractivity contribution in [3.05, 3.63) is 92.4 Å². The highest BCUT2D eigenvalue weighted by Crippen LogP contribution is 2.27. The molecule has 2 N–H and O–H groups in total. The molecule has 0 aliphatic heterocycles. The Morgan fingerprint density at radius 2 is 1.89 bits per heavy atom. The molecule has 0 aromatic heterocycles. The highest BCUT2D eigenvalue weighted by atomic mass is 79.9. The van der Waals surface area contributed by atoms with Crippen molar-refractivity contribution in [1.82, 2.24) is 0 Å². The zero-order valence-electron chi connectivity index (χ0n) is 15.2. The van der Waals surface area contributed by atoms with Gasteiger partial charge in [-0.25, -0.2) is 4.79 Å². The highest BCUT2D eigenvalue weighted by Gasteiger charge is 2.10. The lowest BCUT2D eigenvalue weighted by Gasteiger charge is -2.15. The van der Waals surface area contributed by atoms with E-state index in [1.807, 2.05) is 49.4 Å². The fourth-order valence-electron chi connectivity index (χ4n) is 2.73. The molecule has 0 aliphatic carbocycles. The summed E-state index contributed by atoms with van der Waals surface area (Å²) in [5, 5.41) is 13.2. The van der Waals surface area contributed by atoms with Gasteiger partial charge in [0.1, 0.15) is 12.4 Å². The maximum absolute atomic E-state index is 11.2. The normalized spacial score (nSPS) is 10.5. The van der Waals surface area contributed by atoms with Crippen molar-refractivity contribution in [2.45, 2.75) is 20.1 Å². The summed E-state index contributed by atoms with van der Waals surface area (Å²) in [6.07, 6.45) is 0. The van der Waals surface area contributed by atoms with Crippen LogP contribution < -0.4 is 10.1 Å². The summed E-state index contributed by atoms with van der Waals surface area (Å²) in [7, 11) is 0. The summed E-state index contributed by atoms with van der Waals surface area (Å²) in [6.45, 7) is 2.78. The summed E-state index contributed by atoms with van der Waals surface area (Å²) in [4.78, 5) is 11.2. The summed E-state index contributed by atoms with van der Waals surface area (Å²) in [6, 6.07) is 18.4. The van der Waals surface area contributed by atoms with Crippen molar-refractivity contribution in [1.29, 1.82) is 0 Å². The Balaban J connectivity index is 1.77.